The van der Waals surface area contributed by atoms with Crippen LogP contribution in [0.2, 0.25) is 0 Å². The van der Waals surface area contributed by atoms with Crippen LogP contribution in [0.3, 0.4) is 0 Å². The molecule has 0 aliphatic carbocycles. The number of halogens is 2. The van der Waals surface area contributed by atoms with Gasteiger partial charge in [-0.05, 0) is 48.4 Å². The summed E-state index contributed by atoms with van der Waals surface area (Å²) in [5.41, 5.74) is 1.14. The molecule has 1 unspecified atom stereocenters. The van der Waals surface area contributed by atoms with Crippen LogP contribution >= 0.6 is 0 Å². The van der Waals surface area contributed by atoms with Gasteiger partial charge in [0.2, 0.25) is 5.91 Å². The van der Waals surface area contributed by atoms with Crippen molar-refractivity contribution in [2.45, 2.75) is 18.3 Å². The number of carbonyl (C=O) groups excluding carboxylic acids is 2. The smallest absolute Gasteiger partial charge is 0.274 e. The lowest BCUT2D eigenvalue weighted by atomic mass is 10.0. The van der Waals surface area contributed by atoms with Gasteiger partial charge in [0.05, 0.1) is 12.2 Å². The number of rotatable bonds is 3. The summed E-state index contributed by atoms with van der Waals surface area (Å²) >= 11 is 0. The standard InChI is InChI=1S/C24H18F2N2O4S/c1-15-9-10-18(12-20(15)26)28-22(29)14-33(31,32)24(28)19-7-2-3-8-21(19)27(23(24)30)13-16-5-4-6-17(25)11-16/h2-12H,13-14H2,1H3. The highest BCUT2D eigenvalue weighted by Crippen LogP contribution is 2.52. The third-order valence-corrected chi connectivity index (χ3v) is 8.17. The number of hydrogen-bond donors (Lipinski definition) is 0. The Morgan fingerprint density at radius 3 is 2.45 bits per heavy atom. The summed E-state index contributed by atoms with van der Waals surface area (Å²) in [6.45, 7) is 1.43. The van der Waals surface area contributed by atoms with Gasteiger partial charge in [0, 0.05) is 11.3 Å². The Balaban J connectivity index is 1.74. The van der Waals surface area contributed by atoms with Gasteiger partial charge in [-0.25, -0.2) is 17.2 Å². The Morgan fingerprint density at radius 1 is 0.970 bits per heavy atom. The number of aryl methyl sites for hydroxylation is 1. The van der Waals surface area contributed by atoms with Crippen LogP contribution in [0.1, 0.15) is 16.7 Å². The second-order valence-electron chi connectivity index (χ2n) is 8.10. The van der Waals surface area contributed by atoms with Gasteiger partial charge in [-0.15, -0.1) is 0 Å². The van der Waals surface area contributed by atoms with Gasteiger partial charge in [0.25, 0.3) is 10.8 Å². The zero-order chi connectivity index (χ0) is 23.5. The molecule has 1 fully saturated rings. The van der Waals surface area contributed by atoms with Crippen molar-refractivity contribution in [2.75, 3.05) is 15.6 Å². The summed E-state index contributed by atoms with van der Waals surface area (Å²) < 4.78 is 55.2. The maximum absolute atomic E-state index is 14.4. The lowest BCUT2D eigenvalue weighted by molar-refractivity contribution is -0.123. The molecule has 0 saturated carbocycles. The second-order valence-corrected chi connectivity index (χ2v) is 10.2. The van der Waals surface area contributed by atoms with E-state index in [9.17, 15) is 26.8 Å². The highest BCUT2D eigenvalue weighted by Gasteiger charge is 2.69. The van der Waals surface area contributed by atoms with Crippen LogP contribution in [-0.2, 0) is 30.8 Å². The maximum atomic E-state index is 14.4. The fourth-order valence-electron chi connectivity index (χ4n) is 4.59. The Bertz CT molecular complexity index is 1440. The molecule has 3 aromatic carbocycles. The van der Waals surface area contributed by atoms with E-state index in [2.05, 4.69) is 0 Å². The minimum atomic E-state index is -4.36. The van der Waals surface area contributed by atoms with Gasteiger partial charge in [-0.1, -0.05) is 36.4 Å². The molecule has 1 saturated heterocycles. The van der Waals surface area contributed by atoms with Gasteiger partial charge in [-0.3, -0.25) is 14.5 Å². The molecule has 1 spiro atoms. The first-order valence-corrected chi connectivity index (χ1v) is 11.8. The largest absolute Gasteiger partial charge is 0.304 e. The lowest BCUT2D eigenvalue weighted by Crippen LogP contribution is -2.54. The molecule has 0 N–H and O–H groups in total. The van der Waals surface area contributed by atoms with Crippen molar-refractivity contribution in [2.24, 2.45) is 0 Å². The first-order chi connectivity index (χ1) is 15.7. The highest BCUT2D eigenvalue weighted by atomic mass is 32.2. The highest BCUT2D eigenvalue weighted by molar-refractivity contribution is 7.94. The minimum Gasteiger partial charge on any atom is -0.304 e. The van der Waals surface area contributed by atoms with E-state index in [-0.39, 0.29) is 17.8 Å². The van der Waals surface area contributed by atoms with Crippen LogP contribution < -0.4 is 9.80 Å². The third kappa shape index (κ3) is 2.92. The van der Waals surface area contributed by atoms with Gasteiger partial charge < -0.3 is 4.90 Å². The number of para-hydroxylation sites is 1. The molecule has 0 bridgehead atoms. The van der Waals surface area contributed by atoms with Crippen LogP contribution in [-0.4, -0.2) is 26.0 Å². The summed E-state index contributed by atoms with van der Waals surface area (Å²) in [6, 6.07) is 15.8. The molecule has 0 radical (unpaired) electrons. The van der Waals surface area contributed by atoms with E-state index < -0.39 is 43.9 Å². The number of nitrogens with zero attached hydrogens (tertiary/aromatic N) is 2. The van der Waals surface area contributed by atoms with Crippen molar-refractivity contribution in [3.05, 3.63) is 95.1 Å². The summed E-state index contributed by atoms with van der Waals surface area (Å²) in [6.07, 6.45) is 0. The first-order valence-electron chi connectivity index (χ1n) is 10.1. The summed E-state index contributed by atoms with van der Waals surface area (Å²) in [4.78, 5) is 26.7. The topological polar surface area (TPSA) is 74.8 Å². The summed E-state index contributed by atoms with van der Waals surface area (Å²) in [5.74, 6) is -3.71. The average molecular weight is 468 g/mol. The van der Waals surface area contributed by atoms with Gasteiger partial charge in [-0.2, -0.15) is 0 Å². The van der Waals surface area contributed by atoms with E-state index in [1.165, 1.54) is 48.2 Å². The van der Waals surface area contributed by atoms with E-state index in [0.717, 1.165) is 11.0 Å². The van der Waals surface area contributed by atoms with Gasteiger partial charge in [0.1, 0.15) is 17.4 Å². The molecule has 1 atom stereocenters. The van der Waals surface area contributed by atoms with Crippen LogP contribution in [0.15, 0.2) is 66.7 Å². The minimum absolute atomic E-state index is 0.0278. The van der Waals surface area contributed by atoms with Crippen LogP contribution in [0, 0.1) is 18.6 Å². The normalized spacial score (nSPS) is 21.2. The van der Waals surface area contributed by atoms with Crippen LogP contribution in [0.25, 0.3) is 0 Å². The molecule has 9 heteroatoms. The molecular formula is C24H18F2N2O4S. The average Bonchev–Trinajstić information content (AvgIpc) is 3.13. The van der Waals surface area contributed by atoms with Crippen LogP contribution in [0.5, 0.6) is 0 Å². The van der Waals surface area contributed by atoms with E-state index in [4.69, 9.17) is 0 Å². The van der Waals surface area contributed by atoms with E-state index in [1.54, 1.807) is 24.3 Å². The zero-order valence-electron chi connectivity index (χ0n) is 17.5. The van der Waals surface area contributed by atoms with E-state index in [0.29, 0.717) is 16.8 Å². The van der Waals surface area contributed by atoms with Crippen molar-refractivity contribution >= 4 is 33.0 Å². The van der Waals surface area contributed by atoms with Crippen molar-refractivity contribution < 1.29 is 26.8 Å². The fourth-order valence-corrected chi connectivity index (χ4v) is 6.62. The Kier molecular flexibility index (Phi) is 4.65. The van der Waals surface area contributed by atoms with Gasteiger partial charge in [0.15, 0.2) is 9.84 Å². The molecule has 2 aliphatic heterocycles. The number of sulfone groups is 1. The zero-order valence-corrected chi connectivity index (χ0v) is 18.3. The molecule has 3 aromatic rings. The second kappa shape index (κ2) is 7.21. The quantitative estimate of drug-likeness (QED) is 0.590. The Hall–Kier alpha value is -3.59. The number of benzene rings is 3. The predicted octanol–water partition coefficient (Wildman–Crippen LogP) is 3.43. The number of anilines is 2. The van der Waals surface area contributed by atoms with Crippen molar-refractivity contribution in [3.8, 4) is 0 Å². The van der Waals surface area contributed by atoms with Crippen LogP contribution in [0.4, 0.5) is 20.2 Å². The molecular weight excluding hydrogens is 450 g/mol. The molecule has 2 heterocycles. The SMILES string of the molecule is Cc1ccc(N2C(=O)CS(=O)(=O)C23C(=O)N(Cc2cccc(F)c2)c2ccccc23)cc1F. The fraction of sp³-hybridized carbons (Fsp3) is 0.167. The third-order valence-electron chi connectivity index (χ3n) is 6.07. The van der Waals surface area contributed by atoms with E-state index >= 15 is 0 Å². The Morgan fingerprint density at radius 2 is 1.73 bits per heavy atom. The van der Waals surface area contributed by atoms with Crippen molar-refractivity contribution in [1.82, 2.24) is 0 Å². The number of hydrogen-bond acceptors (Lipinski definition) is 4. The molecule has 5 rings (SSSR count). The molecule has 33 heavy (non-hydrogen) atoms. The number of carbonyl (C=O) groups is 2. The van der Waals surface area contributed by atoms with Crippen molar-refractivity contribution in [1.29, 1.82) is 0 Å². The molecule has 0 aromatic heterocycles. The molecule has 2 aliphatic rings. The summed E-state index contributed by atoms with van der Waals surface area (Å²) in [7, 11) is -4.36. The van der Waals surface area contributed by atoms with E-state index in [1.807, 2.05) is 0 Å². The first kappa shape index (κ1) is 21.3. The monoisotopic (exact) mass is 468 g/mol. The summed E-state index contributed by atoms with van der Waals surface area (Å²) in [5, 5.41) is 0. The molecule has 6 nitrogen and oxygen atoms in total. The number of amides is 2. The lowest BCUT2D eigenvalue weighted by Gasteiger charge is -2.32. The van der Waals surface area contributed by atoms with Crippen molar-refractivity contribution in [3.63, 3.8) is 0 Å². The Labute approximate surface area is 189 Å². The van der Waals surface area contributed by atoms with Gasteiger partial charge >= 0.3 is 0 Å². The molecule has 2 amide bonds. The predicted molar refractivity (Wildman–Crippen MR) is 118 cm³/mol. The number of fused-ring (bicyclic) bond motifs is 2. The maximum Gasteiger partial charge on any atom is 0.274 e. The molecule has 168 valence electrons.